The molecule has 9 saturated heterocycles. The third-order valence-electron chi connectivity index (χ3n) is 22.3. The molecule has 23 heteroatoms. The zero-order valence-electron chi connectivity index (χ0n) is 79.3. The summed E-state index contributed by atoms with van der Waals surface area (Å²) >= 11 is 0. The van der Waals surface area contributed by atoms with Gasteiger partial charge < -0.3 is 109 Å². The minimum Gasteiger partial charge on any atom is -0.385 e. The van der Waals surface area contributed by atoms with Gasteiger partial charge in [-0.15, -0.1) is 0 Å². The molecule has 9 fully saturated rings. The van der Waals surface area contributed by atoms with Gasteiger partial charge in [0, 0.05) is 165 Å². The Morgan fingerprint density at radius 1 is 0.171 bits per heavy atom. The third-order valence-corrected chi connectivity index (χ3v) is 22.3. The second-order valence-electron chi connectivity index (χ2n) is 37.5. The molecule has 0 saturated carbocycles. The molecule has 0 aromatic heterocycles. The maximum Gasteiger partial charge on any atom is 0.0700 e. The molecule has 9 rings (SSSR count). The lowest BCUT2D eigenvalue weighted by atomic mass is 9.84. The molecule has 0 unspecified atom stereocenters. The lowest BCUT2D eigenvalue weighted by Crippen LogP contribution is -2.45. The van der Waals surface area contributed by atoms with Crippen molar-refractivity contribution in [2.24, 2.45) is 48.7 Å². The van der Waals surface area contributed by atoms with Crippen molar-refractivity contribution >= 4 is 0 Å². The van der Waals surface area contributed by atoms with Gasteiger partial charge >= 0.3 is 0 Å². The van der Waals surface area contributed by atoms with Crippen LogP contribution in [-0.2, 0) is 109 Å². The van der Waals surface area contributed by atoms with Crippen molar-refractivity contribution in [1.82, 2.24) is 0 Å². The van der Waals surface area contributed by atoms with Crippen molar-refractivity contribution in [2.75, 3.05) is 307 Å². The summed E-state index contributed by atoms with van der Waals surface area (Å²) in [5, 5.41) is 0. The first-order valence-electron chi connectivity index (χ1n) is 46.2. The molecule has 0 N–H and O–H groups in total. The standard InChI is InChI=1S/C14H28O3.C13H26O3.C13H26O2.C12H24O3.C11H22O2.C10H20O3.C8H16O3.C7H14O2.C6H12O2/c1-14(12-17-13-14)11-16-10-8-6-4-3-5-7-9-15-2;1-3-13(11-16-12-13)10-15-9-7-5-4-6-8-14-2;1-3-4-5-6-7-8-9-14-10-13(2)11-15-12-13;1-12(10-15-11-12)9-14-8-6-4-3-5-7-13-2;1-3-4-5-6-7-12-8-11(2)9-13-10-11;1-10(8-13-9-10)7-12-6-4-3-5-11-2;1-8(6-11-7-8)5-10-4-3-9-2;1-3-7(4-8-2)5-9-6-7;1-6(3-7-2)4-8-5-6/h3-13H2,1-2H3;3-12H2,1-2H3;3-12H2,1-2H3;3-11H2,1-2H3;3-10H2,1-2H3;3-9H2,1-2H3;3-7H2,1-2H3;3-6H2,1-2H3;3-5H2,1-2H3. The summed E-state index contributed by atoms with van der Waals surface area (Å²) in [6.07, 6.45) is 35.0. The third kappa shape index (κ3) is 60.4. The van der Waals surface area contributed by atoms with Crippen LogP contribution in [0.5, 0.6) is 0 Å². The van der Waals surface area contributed by atoms with Gasteiger partial charge in [0.05, 0.1) is 192 Å². The molecule has 0 amide bonds. The maximum atomic E-state index is 5.73. The van der Waals surface area contributed by atoms with Crippen molar-refractivity contribution < 1.29 is 109 Å². The summed E-state index contributed by atoms with van der Waals surface area (Å²) < 4.78 is 120. The van der Waals surface area contributed by atoms with E-state index in [1.165, 1.54) is 167 Å². The molecule has 0 bridgehead atoms. The van der Waals surface area contributed by atoms with Crippen molar-refractivity contribution in [2.45, 2.75) is 256 Å². The quantitative estimate of drug-likeness (QED) is 0.0518. The minimum atomic E-state index is 0.272. The van der Waals surface area contributed by atoms with E-state index in [0.717, 1.165) is 257 Å². The second kappa shape index (κ2) is 73.2. The SMILES string of the molecule is CCC1(COC)COC1.CCC1(COCCCCCCOC)COC1.CCCCCCCCOCC1(C)COC1.CCCCCCOCC1(C)COC1.COCC1(C)COC1.COCCCCCCCCOCC1(C)COC1.COCCCCCCOCC1(C)COC1.COCCCCOCC1(C)COC1.COCCOCC1(C)COC1. The average Bonchev–Trinajstić information content (AvgIpc) is 0.863. The molecule has 0 aromatic rings. The number of hydrogen-bond donors (Lipinski definition) is 0. The number of unbranched alkanes of at least 4 members (excludes halogenated alkanes) is 20. The summed E-state index contributed by atoms with van der Waals surface area (Å²) in [5.74, 6) is 0. The highest BCUT2D eigenvalue weighted by Crippen LogP contribution is 2.34. The fourth-order valence-electron chi connectivity index (χ4n) is 13.1. The largest absolute Gasteiger partial charge is 0.385 e. The van der Waals surface area contributed by atoms with Crippen molar-refractivity contribution in [3.05, 3.63) is 0 Å². The summed E-state index contributed by atoms with van der Waals surface area (Å²) in [6, 6.07) is 0. The molecule has 0 aromatic carbocycles. The van der Waals surface area contributed by atoms with Crippen LogP contribution in [0.3, 0.4) is 0 Å². The molecule has 117 heavy (non-hydrogen) atoms. The summed E-state index contributed by atoms with van der Waals surface area (Å²) in [6.45, 7) is 57.9. The molecule has 9 aliphatic rings. The van der Waals surface area contributed by atoms with Crippen LogP contribution in [0.15, 0.2) is 0 Å². The summed E-state index contributed by atoms with van der Waals surface area (Å²) in [4.78, 5) is 0. The van der Waals surface area contributed by atoms with E-state index >= 15 is 0 Å². The van der Waals surface area contributed by atoms with E-state index in [4.69, 9.17) is 109 Å². The van der Waals surface area contributed by atoms with Gasteiger partial charge in [-0.1, -0.05) is 179 Å². The zero-order valence-corrected chi connectivity index (χ0v) is 79.3. The van der Waals surface area contributed by atoms with Crippen LogP contribution in [0.1, 0.15) is 256 Å². The number of rotatable bonds is 63. The second-order valence-corrected chi connectivity index (χ2v) is 37.5. The fraction of sp³-hybridized carbons (Fsp3) is 1.00. The Hall–Kier alpha value is -0.920. The van der Waals surface area contributed by atoms with E-state index in [-0.39, 0.29) is 5.41 Å². The minimum absolute atomic E-state index is 0.272. The predicted octanol–water partition coefficient (Wildman–Crippen LogP) is 17.8. The van der Waals surface area contributed by atoms with Crippen LogP contribution in [0.25, 0.3) is 0 Å². The highest BCUT2D eigenvalue weighted by Gasteiger charge is 2.40. The first-order chi connectivity index (χ1) is 56.5. The Kier molecular flexibility index (Phi) is 71.3. The topological polar surface area (TPSA) is 212 Å². The smallest absolute Gasteiger partial charge is 0.0700 e. The van der Waals surface area contributed by atoms with Crippen LogP contribution in [0.2, 0.25) is 0 Å². The molecular formula is C94H188O23. The fourth-order valence-corrected chi connectivity index (χ4v) is 13.1. The molecule has 702 valence electrons. The number of ether oxygens (including phenoxy) is 23. The Morgan fingerprint density at radius 2 is 0.350 bits per heavy atom. The Labute approximate surface area is 717 Å². The van der Waals surface area contributed by atoms with Gasteiger partial charge in [-0.2, -0.15) is 0 Å². The van der Waals surface area contributed by atoms with Crippen LogP contribution in [0, 0.1) is 48.7 Å². The Morgan fingerprint density at radius 3 is 0.538 bits per heavy atom. The maximum absolute atomic E-state index is 5.73. The van der Waals surface area contributed by atoms with Crippen LogP contribution >= 0.6 is 0 Å². The lowest BCUT2D eigenvalue weighted by Gasteiger charge is -2.40. The lowest BCUT2D eigenvalue weighted by molar-refractivity contribution is -0.150. The van der Waals surface area contributed by atoms with Crippen LogP contribution in [-0.4, -0.2) is 307 Å². The molecule has 9 heterocycles. The first-order valence-corrected chi connectivity index (χ1v) is 46.2. The van der Waals surface area contributed by atoms with Gasteiger partial charge in [-0.3, -0.25) is 0 Å². The van der Waals surface area contributed by atoms with Crippen LogP contribution < -0.4 is 0 Å². The van der Waals surface area contributed by atoms with Gasteiger partial charge in [-0.05, 0) is 77.0 Å². The Bertz CT molecular complexity index is 2020. The van der Waals surface area contributed by atoms with Crippen molar-refractivity contribution in [3.63, 3.8) is 0 Å². The van der Waals surface area contributed by atoms with E-state index in [2.05, 4.69) is 76.2 Å². The zero-order chi connectivity index (χ0) is 86.1. The van der Waals surface area contributed by atoms with Gasteiger partial charge in [0.15, 0.2) is 0 Å². The molecule has 23 nitrogen and oxygen atoms in total. The number of methoxy groups -OCH3 is 7. The van der Waals surface area contributed by atoms with Crippen LogP contribution in [0.4, 0.5) is 0 Å². The number of hydrogen-bond acceptors (Lipinski definition) is 23. The highest BCUT2D eigenvalue weighted by atomic mass is 16.6. The summed E-state index contributed by atoms with van der Waals surface area (Å²) in [5.41, 5.74) is 2.86. The van der Waals surface area contributed by atoms with Gasteiger partial charge in [0.1, 0.15) is 0 Å². The molecule has 0 radical (unpaired) electrons. The van der Waals surface area contributed by atoms with E-state index in [9.17, 15) is 0 Å². The average molecular weight is 1690 g/mol. The molecular weight excluding hydrogens is 1500 g/mol. The predicted molar refractivity (Wildman–Crippen MR) is 470 cm³/mol. The van der Waals surface area contributed by atoms with E-state index in [0.29, 0.717) is 56.5 Å². The summed E-state index contributed by atoms with van der Waals surface area (Å²) in [7, 11) is 12.2. The Balaban J connectivity index is 0.000000663. The molecule has 0 atom stereocenters. The first kappa shape index (κ1) is 114. The van der Waals surface area contributed by atoms with E-state index < -0.39 is 0 Å². The van der Waals surface area contributed by atoms with Crippen molar-refractivity contribution in [1.29, 1.82) is 0 Å². The molecule has 0 spiro atoms. The monoisotopic (exact) mass is 1690 g/mol. The highest BCUT2D eigenvalue weighted by molar-refractivity contribution is 4.87. The van der Waals surface area contributed by atoms with Crippen molar-refractivity contribution in [3.8, 4) is 0 Å². The molecule has 0 aliphatic carbocycles. The van der Waals surface area contributed by atoms with E-state index in [1.807, 2.05) is 0 Å². The van der Waals surface area contributed by atoms with Gasteiger partial charge in [-0.25, -0.2) is 0 Å². The van der Waals surface area contributed by atoms with Gasteiger partial charge in [0.2, 0.25) is 0 Å². The van der Waals surface area contributed by atoms with E-state index in [1.54, 1.807) is 49.8 Å². The molecule has 9 aliphatic heterocycles. The normalized spacial score (nSPS) is 19.8. The van der Waals surface area contributed by atoms with Gasteiger partial charge in [0.25, 0.3) is 0 Å².